The second-order valence-corrected chi connectivity index (χ2v) is 4.38. The first-order chi connectivity index (χ1) is 8.38. The van der Waals surface area contributed by atoms with Crippen molar-refractivity contribution in [3.63, 3.8) is 0 Å². The van der Waals surface area contributed by atoms with E-state index in [4.69, 9.17) is 9.84 Å². The van der Waals surface area contributed by atoms with Crippen LogP contribution in [0.5, 0.6) is 0 Å². The molecule has 1 aliphatic carbocycles. The van der Waals surface area contributed by atoms with Crippen molar-refractivity contribution in [2.24, 2.45) is 5.92 Å². The van der Waals surface area contributed by atoms with Gasteiger partial charge in [0.05, 0.1) is 24.2 Å². The number of ether oxygens (including phenoxy) is 1. The molecule has 8 heteroatoms. The van der Waals surface area contributed by atoms with Gasteiger partial charge in [0.1, 0.15) is 6.10 Å². The predicted octanol–water partition coefficient (Wildman–Crippen LogP) is -1.93. The van der Waals surface area contributed by atoms with E-state index >= 15 is 0 Å². The number of aliphatic hydroxyl groups is 2. The molecule has 1 fully saturated rings. The van der Waals surface area contributed by atoms with Gasteiger partial charge in [0, 0.05) is 13.5 Å². The Morgan fingerprint density at radius 3 is 2.37 bits per heavy atom. The molecule has 0 aliphatic heterocycles. The van der Waals surface area contributed by atoms with Crippen LogP contribution in [-0.4, -0.2) is 87.7 Å². The first kappa shape index (κ1) is 18.8. The minimum absolute atomic E-state index is 0. The van der Waals surface area contributed by atoms with Crippen LogP contribution in [0.1, 0.15) is 20.3 Å². The fourth-order valence-electron chi connectivity index (χ4n) is 2.28. The van der Waals surface area contributed by atoms with Crippen LogP contribution in [0, 0.1) is 5.92 Å². The van der Waals surface area contributed by atoms with Crippen molar-refractivity contribution in [1.29, 1.82) is 0 Å². The van der Waals surface area contributed by atoms with Crippen LogP contribution in [0.15, 0.2) is 0 Å². The predicted molar refractivity (Wildman–Crippen MR) is 67.9 cm³/mol. The molecule has 106 valence electrons. The molecule has 0 aromatic carbocycles. The SMILES string of the molecule is CCOC1C(C(=O)O)CC(O)C(NC(C)=O)C1O.[NaH]. The number of carboxylic acid groups (broad SMARTS) is 1. The molecule has 5 unspecified atom stereocenters. The molecule has 7 nitrogen and oxygen atoms in total. The Hall–Kier alpha value is -0.180. The molecule has 4 N–H and O–H groups in total. The van der Waals surface area contributed by atoms with E-state index in [1.54, 1.807) is 6.92 Å². The molecule has 1 rings (SSSR count). The van der Waals surface area contributed by atoms with Crippen LogP contribution in [0.25, 0.3) is 0 Å². The summed E-state index contributed by atoms with van der Waals surface area (Å²) in [6, 6.07) is -0.908. The molecule has 0 bridgehead atoms. The van der Waals surface area contributed by atoms with Crippen LogP contribution in [0.4, 0.5) is 0 Å². The van der Waals surface area contributed by atoms with Crippen molar-refractivity contribution in [2.45, 2.75) is 44.6 Å². The normalized spacial score (nSPS) is 34.2. The molecule has 0 aromatic rings. The van der Waals surface area contributed by atoms with E-state index < -0.39 is 42.1 Å². The van der Waals surface area contributed by atoms with Crippen molar-refractivity contribution >= 4 is 41.4 Å². The van der Waals surface area contributed by atoms with Gasteiger partial charge in [0.25, 0.3) is 0 Å². The van der Waals surface area contributed by atoms with E-state index in [1.165, 1.54) is 6.92 Å². The van der Waals surface area contributed by atoms with Gasteiger partial charge in [-0.15, -0.1) is 0 Å². The molecule has 0 radical (unpaired) electrons. The summed E-state index contributed by atoms with van der Waals surface area (Å²) in [5.74, 6) is -2.52. The van der Waals surface area contributed by atoms with Crippen LogP contribution in [-0.2, 0) is 14.3 Å². The van der Waals surface area contributed by atoms with E-state index in [1.807, 2.05) is 0 Å². The quantitative estimate of drug-likeness (QED) is 0.447. The second-order valence-electron chi connectivity index (χ2n) is 4.38. The topological polar surface area (TPSA) is 116 Å². The third-order valence-electron chi connectivity index (χ3n) is 3.06. The van der Waals surface area contributed by atoms with Crippen LogP contribution in [0.2, 0.25) is 0 Å². The third kappa shape index (κ3) is 4.70. The summed E-state index contributed by atoms with van der Waals surface area (Å²) < 4.78 is 5.24. The van der Waals surface area contributed by atoms with Gasteiger partial charge in [-0.2, -0.15) is 0 Å². The Morgan fingerprint density at radius 2 is 1.95 bits per heavy atom. The Labute approximate surface area is 133 Å². The van der Waals surface area contributed by atoms with Crippen LogP contribution >= 0.6 is 0 Å². The summed E-state index contributed by atoms with van der Waals surface area (Å²) >= 11 is 0. The molecule has 0 heterocycles. The van der Waals surface area contributed by atoms with E-state index in [0.29, 0.717) is 0 Å². The molecule has 1 aliphatic rings. The fraction of sp³-hybridized carbons (Fsp3) is 0.818. The minimum atomic E-state index is -1.25. The average Bonchev–Trinajstić information content (AvgIpc) is 2.27. The molecule has 1 amide bonds. The van der Waals surface area contributed by atoms with Gasteiger partial charge in [-0.1, -0.05) is 0 Å². The number of carboxylic acids is 1. The van der Waals surface area contributed by atoms with E-state index in [0.717, 1.165) is 0 Å². The standard InChI is InChI=1S/C11H19NO6.Na.H/c1-3-18-10-6(11(16)17)4-7(14)8(9(10)15)12-5(2)13;;/h6-10,14-15H,3-4H2,1-2H3,(H,12,13)(H,16,17);;. The van der Waals surface area contributed by atoms with E-state index in [9.17, 15) is 19.8 Å². The number of carbonyl (C=O) groups is 2. The number of amides is 1. The van der Waals surface area contributed by atoms with Gasteiger partial charge in [0.2, 0.25) is 5.91 Å². The number of rotatable bonds is 4. The van der Waals surface area contributed by atoms with Gasteiger partial charge in [-0.05, 0) is 13.3 Å². The summed E-state index contributed by atoms with van der Waals surface area (Å²) in [6.45, 7) is 3.19. The third-order valence-corrected chi connectivity index (χ3v) is 3.06. The molecule has 0 saturated heterocycles. The first-order valence-electron chi connectivity index (χ1n) is 5.86. The first-order valence-corrected chi connectivity index (χ1v) is 5.86. The summed E-state index contributed by atoms with van der Waals surface area (Å²) in [4.78, 5) is 22.1. The van der Waals surface area contributed by atoms with Gasteiger partial charge in [0.15, 0.2) is 0 Å². The molecule has 1 saturated carbocycles. The second kappa shape index (κ2) is 8.18. The van der Waals surface area contributed by atoms with Crippen molar-refractivity contribution in [2.75, 3.05) is 6.61 Å². The molecular formula is C11H20NNaO6. The summed E-state index contributed by atoms with van der Waals surface area (Å²) in [7, 11) is 0. The Balaban J connectivity index is 0.00000324. The average molecular weight is 285 g/mol. The van der Waals surface area contributed by atoms with Gasteiger partial charge >= 0.3 is 35.5 Å². The Kier molecular flexibility index (Phi) is 8.11. The summed E-state index contributed by atoms with van der Waals surface area (Å²) in [5.41, 5.74) is 0. The zero-order valence-corrected chi connectivity index (χ0v) is 10.4. The van der Waals surface area contributed by atoms with E-state index in [-0.39, 0.29) is 42.6 Å². The van der Waals surface area contributed by atoms with Gasteiger partial charge in [-0.25, -0.2) is 0 Å². The van der Waals surface area contributed by atoms with Crippen LogP contribution < -0.4 is 5.32 Å². The zero-order valence-electron chi connectivity index (χ0n) is 10.4. The van der Waals surface area contributed by atoms with Gasteiger partial charge < -0.3 is 25.4 Å². The molecule has 19 heavy (non-hydrogen) atoms. The molecular weight excluding hydrogens is 265 g/mol. The molecule has 0 aromatic heterocycles. The number of nitrogens with one attached hydrogen (secondary N) is 1. The van der Waals surface area contributed by atoms with E-state index in [2.05, 4.69) is 5.32 Å². The summed E-state index contributed by atoms with van der Waals surface area (Å²) in [6.07, 6.45) is -3.37. The Morgan fingerprint density at radius 1 is 1.37 bits per heavy atom. The Bertz CT molecular complexity index is 326. The molecule has 5 atom stereocenters. The number of aliphatic hydroxyl groups excluding tert-OH is 2. The van der Waals surface area contributed by atoms with Crippen molar-refractivity contribution in [1.82, 2.24) is 5.32 Å². The van der Waals surface area contributed by atoms with Gasteiger partial charge in [-0.3, -0.25) is 9.59 Å². The number of aliphatic carboxylic acids is 1. The molecule has 0 spiro atoms. The maximum atomic E-state index is 11.1. The monoisotopic (exact) mass is 285 g/mol. The number of hydrogen-bond acceptors (Lipinski definition) is 5. The maximum absolute atomic E-state index is 11.1. The number of carbonyl (C=O) groups excluding carboxylic acids is 1. The zero-order chi connectivity index (χ0) is 13.9. The van der Waals surface area contributed by atoms with Crippen LogP contribution in [0.3, 0.4) is 0 Å². The van der Waals surface area contributed by atoms with Crippen molar-refractivity contribution in [3.8, 4) is 0 Å². The number of hydrogen-bond donors (Lipinski definition) is 4. The van der Waals surface area contributed by atoms with Crippen molar-refractivity contribution in [3.05, 3.63) is 0 Å². The fourth-order valence-corrected chi connectivity index (χ4v) is 2.28. The van der Waals surface area contributed by atoms with Crippen molar-refractivity contribution < 1.29 is 29.6 Å². The summed E-state index contributed by atoms with van der Waals surface area (Å²) in [5, 5.41) is 31.3.